The Morgan fingerprint density at radius 1 is 1.17 bits per heavy atom. The number of thiocarbonyl (C=S) groups is 1. The van der Waals surface area contributed by atoms with E-state index in [9.17, 15) is 0 Å². The minimum atomic E-state index is 0.719. The maximum absolute atomic E-state index is 5.26. The lowest BCUT2D eigenvalue weighted by Gasteiger charge is -2.10. The Bertz CT molecular complexity index is 363. The number of hydrogen-bond donors (Lipinski definition) is 2. The van der Waals surface area contributed by atoms with Crippen molar-refractivity contribution in [2.75, 3.05) is 11.9 Å². The number of nitrogens with one attached hydrogen (secondary N) is 2. The molecule has 0 saturated carbocycles. The van der Waals surface area contributed by atoms with Crippen molar-refractivity contribution < 1.29 is 0 Å². The van der Waals surface area contributed by atoms with Crippen LogP contribution in [-0.2, 0) is 0 Å². The minimum absolute atomic E-state index is 0.719. The SMILES string of the molecule is CCCCCCCNC(=S)Nc1cccc(C)c1. The molecule has 0 aliphatic rings. The Morgan fingerprint density at radius 2 is 1.94 bits per heavy atom. The second kappa shape index (κ2) is 8.92. The van der Waals surface area contributed by atoms with Crippen LogP contribution in [0.4, 0.5) is 5.69 Å². The van der Waals surface area contributed by atoms with Crippen LogP contribution >= 0.6 is 12.2 Å². The molecule has 3 heteroatoms. The molecule has 0 amide bonds. The van der Waals surface area contributed by atoms with E-state index in [2.05, 4.69) is 36.6 Å². The lowest BCUT2D eigenvalue weighted by Crippen LogP contribution is -2.29. The van der Waals surface area contributed by atoms with Crippen LogP contribution in [0.25, 0.3) is 0 Å². The van der Waals surface area contributed by atoms with Gasteiger partial charge in [0, 0.05) is 12.2 Å². The highest BCUT2D eigenvalue weighted by atomic mass is 32.1. The molecular formula is C15H24N2S. The number of rotatable bonds is 7. The van der Waals surface area contributed by atoms with Crippen molar-refractivity contribution >= 4 is 23.0 Å². The molecule has 0 fully saturated rings. The number of aryl methyl sites for hydroxylation is 1. The maximum Gasteiger partial charge on any atom is 0.170 e. The largest absolute Gasteiger partial charge is 0.362 e. The van der Waals surface area contributed by atoms with Crippen LogP contribution in [-0.4, -0.2) is 11.7 Å². The summed E-state index contributed by atoms with van der Waals surface area (Å²) in [5.74, 6) is 0. The van der Waals surface area contributed by atoms with Gasteiger partial charge in [-0.25, -0.2) is 0 Å². The molecule has 0 spiro atoms. The third-order valence-electron chi connectivity index (χ3n) is 2.84. The molecule has 0 radical (unpaired) electrons. The van der Waals surface area contributed by atoms with Gasteiger partial charge in [0.05, 0.1) is 0 Å². The lowest BCUT2D eigenvalue weighted by atomic mass is 10.1. The van der Waals surface area contributed by atoms with Gasteiger partial charge in [0.15, 0.2) is 5.11 Å². The molecule has 0 saturated heterocycles. The average Bonchev–Trinajstić information content (AvgIpc) is 2.33. The molecule has 0 unspecified atom stereocenters. The molecule has 0 heterocycles. The number of unbranched alkanes of at least 4 members (excludes halogenated alkanes) is 4. The van der Waals surface area contributed by atoms with Gasteiger partial charge in [-0.05, 0) is 43.3 Å². The molecular weight excluding hydrogens is 240 g/mol. The molecule has 1 rings (SSSR count). The average molecular weight is 264 g/mol. The van der Waals surface area contributed by atoms with Crippen molar-refractivity contribution in [3.63, 3.8) is 0 Å². The third kappa shape index (κ3) is 6.60. The van der Waals surface area contributed by atoms with E-state index in [-0.39, 0.29) is 0 Å². The van der Waals surface area contributed by atoms with Gasteiger partial charge in [-0.15, -0.1) is 0 Å². The summed E-state index contributed by atoms with van der Waals surface area (Å²) >= 11 is 5.26. The van der Waals surface area contributed by atoms with Gasteiger partial charge in [-0.1, -0.05) is 44.7 Å². The van der Waals surface area contributed by atoms with Gasteiger partial charge in [0.25, 0.3) is 0 Å². The molecule has 0 atom stereocenters. The van der Waals surface area contributed by atoms with E-state index in [4.69, 9.17) is 12.2 Å². The van der Waals surface area contributed by atoms with Crippen molar-refractivity contribution in [1.29, 1.82) is 0 Å². The first-order valence-corrected chi connectivity index (χ1v) is 7.24. The molecule has 0 aliphatic carbocycles. The fourth-order valence-corrected chi connectivity index (χ4v) is 2.05. The Balaban J connectivity index is 2.14. The van der Waals surface area contributed by atoms with Crippen LogP contribution in [0, 0.1) is 6.92 Å². The van der Waals surface area contributed by atoms with Gasteiger partial charge in [0.1, 0.15) is 0 Å². The summed E-state index contributed by atoms with van der Waals surface area (Å²) in [6.07, 6.45) is 6.44. The van der Waals surface area contributed by atoms with Crippen molar-refractivity contribution in [3.05, 3.63) is 29.8 Å². The van der Waals surface area contributed by atoms with E-state index in [0.29, 0.717) is 0 Å². The zero-order valence-electron chi connectivity index (χ0n) is 11.5. The third-order valence-corrected chi connectivity index (χ3v) is 3.09. The highest BCUT2D eigenvalue weighted by Gasteiger charge is 1.97. The van der Waals surface area contributed by atoms with Crippen molar-refractivity contribution in [2.45, 2.75) is 46.0 Å². The number of hydrogen-bond acceptors (Lipinski definition) is 1. The summed E-state index contributed by atoms with van der Waals surface area (Å²) in [7, 11) is 0. The van der Waals surface area contributed by atoms with Crippen LogP contribution in [0.15, 0.2) is 24.3 Å². The van der Waals surface area contributed by atoms with E-state index in [1.54, 1.807) is 0 Å². The summed E-state index contributed by atoms with van der Waals surface area (Å²) in [6.45, 7) is 5.27. The zero-order valence-corrected chi connectivity index (χ0v) is 12.3. The first-order valence-electron chi connectivity index (χ1n) is 6.84. The Labute approximate surface area is 116 Å². The normalized spacial score (nSPS) is 10.1. The molecule has 100 valence electrons. The van der Waals surface area contributed by atoms with Crippen molar-refractivity contribution in [3.8, 4) is 0 Å². The Morgan fingerprint density at radius 3 is 2.67 bits per heavy atom. The van der Waals surface area contributed by atoms with Crippen LogP contribution in [0.5, 0.6) is 0 Å². The zero-order chi connectivity index (χ0) is 13.2. The molecule has 2 N–H and O–H groups in total. The smallest absolute Gasteiger partial charge is 0.170 e. The van der Waals surface area contributed by atoms with Gasteiger partial charge in [-0.3, -0.25) is 0 Å². The molecule has 0 aromatic heterocycles. The standard InChI is InChI=1S/C15H24N2S/c1-3-4-5-6-7-11-16-15(18)17-14-10-8-9-13(2)12-14/h8-10,12H,3-7,11H2,1-2H3,(H2,16,17,18). The summed E-state index contributed by atoms with van der Waals surface area (Å²) in [6, 6.07) is 8.23. The van der Waals surface area contributed by atoms with Crippen LogP contribution in [0.2, 0.25) is 0 Å². The van der Waals surface area contributed by atoms with Gasteiger partial charge in [-0.2, -0.15) is 0 Å². The quantitative estimate of drug-likeness (QED) is 0.568. The molecule has 1 aromatic carbocycles. The highest BCUT2D eigenvalue weighted by Crippen LogP contribution is 2.09. The maximum atomic E-state index is 5.26. The van der Waals surface area contributed by atoms with Crippen molar-refractivity contribution in [1.82, 2.24) is 5.32 Å². The Hall–Kier alpha value is -1.09. The van der Waals surface area contributed by atoms with Crippen LogP contribution in [0.3, 0.4) is 0 Å². The lowest BCUT2D eigenvalue weighted by molar-refractivity contribution is 0.625. The predicted octanol–water partition coefficient (Wildman–Crippen LogP) is 4.25. The van der Waals surface area contributed by atoms with Crippen LogP contribution in [0.1, 0.15) is 44.6 Å². The van der Waals surface area contributed by atoms with E-state index in [0.717, 1.165) is 17.3 Å². The van der Waals surface area contributed by atoms with Crippen LogP contribution < -0.4 is 10.6 Å². The van der Waals surface area contributed by atoms with Gasteiger partial charge < -0.3 is 10.6 Å². The number of benzene rings is 1. The fraction of sp³-hybridized carbons (Fsp3) is 0.533. The fourth-order valence-electron chi connectivity index (χ4n) is 1.83. The predicted molar refractivity (Wildman–Crippen MR) is 84.2 cm³/mol. The van der Waals surface area contributed by atoms with E-state index in [1.165, 1.54) is 37.7 Å². The van der Waals surface area contributed by atoms with Gasteiger partial charge in [0.2, 0.25) is 0 Å². The van der Waals surface area contributed by atoms with Gasteiger partial charge >= 0.3 is 0 Å². The van der Waals surface area contributed by atoms with Crippen molar-refractivity contribution in [2.24, 2.45) is 0 Å². The first kappa shape index (κ1) is 15.0. The van der Waals surface area contributed by atoms with E-state index in [1.807, 2.05) is 12.1 Å². The Kier molecular flexibility index (Phi) is 7.42. The monoisotopic (exact) mass is 264 g/mol. The highest BCUT2D eigenvalue weighted by molar-refractivity contribution is 7.80. The molecule has 2 nitrogen and oxygen atoms in total. The summed E-state index contributed by atoms with van der Waals surface area (Å²) in [5, 5.41) is 7.17. The molecule has 0 aliphatic heterocycles. The summed E-state index contributed by atoms with van der Waals surface area (Å²) in [4.78, 5) is 0. The molecule has 1 aromatic rings. The summed E-state index contributed by atoms with van der Waals surface area (Å²) in [5.41, 5.74) is 2.29. The first-order chi connectivity index (χ1) is 8.72. The molecule has 0 bridgehead atoms. The second-order valence-corrected chi connectivity index (χ2v) is 5.07. The number of anilines is 1. The van der Waals surface area contributed by atoms with E-state index < -0.39 is 0 Å². The molecule has 18 heavy (non-hydrogen) atoms. The van der Waals surface area contributed by atoms with E-state index >= 15 is 0 Å². The second-order valence-electron chi connectivity index (χ2n) is 4.66. The minimum Gasteiger partial charge on any atom is -0.362 e. The topological polar surface area (TPSA) is 24.1 Å². The summed E-state index contributed by atoms with van der Waals surface area (Å²) < 4.78 is 0.